The van der Waals surface area contributed by atoms with Crippen molar-refractivity contribution in [1.82, 2.24) is 15.5 Å². The molecule has 4 rings (SSSR count). The van der Waals surface area contributed by atoms with Crippen molar-refractivity contribution in [2.45, 2.75) is 18.5 Å². The third kappa shape index (κ3) is 5.72. The number of nitrogens with one attached hydrogen (secondary N) is 2. The number of hydrogen-bond donors (Lipinski definition) is 2. The summed E-state index contributed by atoms with van der Waals surface area (Å²) in [6.07, 6.45) is 1.10. The minimum atomic E-state index is 0.243. The van der Waals surface area contributed by atoms with Crippen LogP contribution in [-0.2, 0) is 4.74 Å². The first kappa shape index (κ1) is 22.4. The van der Waals surface area contributed by atoms with Crippen molar-refractivity contribution < 1.29 is 9.47 Å². The molecule has 172 valence electrons. The number of methoxy groups -OCH3 is 1. The van der Waals surface area contributed by atoms with Crippen LogP contribution in [0.15, 0.2) is 59.6 Å². The zero-order chi connectivity index (χ0) is 22.2. The number of morpholine rings is 1. The zero-order valence-corrected chi connectivity index (χ0v) is 19.2. The lowest BCUT2D eigenvalue weighted by molar-refractivity contribution is 0.0170. The molecule has 0 amide bonds. The maximum atomic E-state index is 5.58. The van der Waals surface area contributed by atoms with E-state index in [4.69, 9.17) is 9.47 Å². The lowest BCUT2D eigenvalue weighted by atomic mass is 10.0. The molecule has 2 aromatic carbocycles. The molecule has 2 aliphatic heterocycles. The molecule has 0 aromatic heterocycles. The molecule has 0 spiro atoms. The van der Waals surface area contributed by atoms with E-state index in [2.05, 4.69) is 67.9 Å². The molecule has 0 saturated carbocycles. The van der Waals surface area contributed by atoms with Crippen LogP contribution >= 0.6 is 0 Å². The van der Waals surface area contributed by atoms with Gasteiger partial charge in [0.15, 0.2) is 5.96 Å². The molecule has 2 aliphatic rings. The Morgan fingerprint density at radius 1 is 1.09 bits per heavy atom. The van der Waals surface area contributed by atoms with E-state index in [1.54, 1.807) is 7.11 Å². The second-order valence-corrected chi connectivity index (χ2v) is 8.30. The smallest absolute Gasteiger partial charge is 0.191 e. The molecule has 2 heterocycles. The highest BCUT2D eigenvalue weighted by Gasteiger charge is 2.25. The number of hydrogen-bond acceptors (Lipinski definition) is 5. The summed E-state index contributed by atoms with van der Waals surface area (Å²) in [5.41, 5.74) is 2.55. The van der Waals surface area contributed by atoms with Gasteiger partial charge >= 0.3 is 0 Å². The van der Waals surface area contributed by atoms with Gasteiger partial charge < -0.3 is 25.0 Å². The van der Waals surface area contributed by atoms with Crippen molar-refractivity contribution in [2.75, 3.05) is 65.0 Å². The zero-order valence-electron chi connectivity index (χ0n) is 19.2. The first-order valence-electron chi connectivity index (χ1n) is 11.5. The number of aliphatic imine (C=N–C) groups is 1. The van der Waals surface area contributed by atoms with Gasteiger partial charge in [0.25, 0.3) is 0 Å². The van der Waals surface area contributed by atoms with E-state index in [9.17, 15) is 0 Å². The van der Waals surface area contributed by atoms with Crippen molar-refractivity contribution in [3.05, 3.63) is 60.2 Å². The molecule has 2 unspecified atom stereocenters. The monoisotopic (exact) mass is 437 g/mol. The van der Waals surface area contributed by atoms with E-state index >= 15 is 0 Å². The van der Waals surface area contributed by atoms with Gasteiger partial charge in [0.05, 0.1) is 26.4 Å². The first-order valence-corrected chi connectivity index (χ1v) is 11.5. The lowest BCUT2D eigenvalue weighted by Crippen LogP contribution is -2.48. The second kappa shape index (κ2) is 11.2. The van der Waals surface area contributed by atoms with Gasteiger partial charge in [-0.05, 0) is 36.2 Å². The fourth-order valence-electron chi connectivity index (χ4n) is 4.51. The SMILES string of the molecule is CN=C(NCC(c1ccc(OC)cc1)N1CCOCC1)NC1CCN(c2ccccc2)C1. The Hall–Kier alpha value is -2.77. The minimum Gasteiger partial charge on any atom is -0.497 e. The van der Waals surface area contributed by atoms with Crippen LogP contribution in [0.1, 0.15) is 18.0 Å². The first-order chi connectivity index (χ1) is 15.8. The number of rotatable bonds is 7. The predicted molar refractivity (Wildman–Crippen MR) is 130 cm³/mol. The molecule has 7 heteroatoms. The van der Waals surface area contributed by atoms with E-state index in [0.29, 0.717) is 6.04 Å². The molecule has 0 bridgehead atoms. The van der Waals surface area contributed by atoms with Gasteiger partial charge in [-0.15, -0.1) is 0 Å². The van der Waals surface area contributed by atoms with Crippen molar-refractivity contribution in [2.24, 2.45) is 4.99 Å². The normalized spacial score (nSPS) is 20.8. The summed E-state index contributed by atoms with van der Waals surface area (Å²) in [7, 11) is 3.55. The highest BCUT2D eigenvalue weighted by molar-refractivity contribution is 5.80. The van der Waals surface area contributed by atoms with Crippen LogP contribution in [0.5, 0.6) is 5.75 Å². The van der Waals surface area contributed by atoms with E-state index in [1.807, 2.05) is 19.2 Å². The minimum absolute atomic E-state index is 0.243. The fraction of sp³-hybridized carbons (Fsp3) is 0.480. The molecule has 2 saturated heterocycles. The molecular weight excluding hydrogens is 402 g/mol. The lowest BCUT2D eigenvalue weighted by Gasteiger charge is -2.35. The van der Waals surface area contributed by atoms with Gasteiger partial charge in [-0.25, -0.2) is 0 Å². The van der Waals surface area contributed by atoms with Crippen LogP contribution in [0.3, 0.4) is 0 Å². The third-order valence-corrected chi connectivity index (χ3v) is 6.32. The van der Waals surface area contributed by atoms with Crippen molar-refractivity contribution >= 4 is 11.6 Å². The van der Waals surface area contributed by atoms with Crippen LogP contribution in [0.4, 0.5) is 5.69 Å². The average molecular weight is 438 g/mol. The quantitative estimate of drug-likeness (QED) is 0.513. The van der Waals surface area contributed by atoms with E-state index < -0.39 is 0 Å². The summed E-state index contributed by atoms with van der Waals surface area (Å²) in [5.74, 6) is 1.74. The Morgan fingerprint density at radius 3 is 2.53 bits per heavy atom. The van der Waals surface area contributed by atoms with Gasteiger partial charge in [-0.3, -0.25) is 9.89 Å². The number of guanidine groups is 1. The summed E-state index contributed by atoms with van der Waals surface area (Å²) in [6, 6.07) is 19.6. The molecule has 32 heavy (non-hydrogen) atoms. The number of nitrogens with zero attached hydrogens (tertiary/aromatic N) is 3. The van der Waals surface area contributed by atoms with E-state index in [-0.39, 0.29) is 6.04 Å². The number of benzene rings is 2. The van der Waals surface area contributed by atoms with Gasteiger partial charge in [0.1, 0.15) is 5.75 Å². The molecular formula is C25H35N5O2. The highest BCUT2D eigenvalue weighted by Crippen LogP contribution is 2.24. The summed E-state index contributed by atoms with van der Waals surface area (Å²) < 4.78 is 10.9. The van der Waals surface area contributed by atoms with Crippen LogP contribution in [-0.4, -0.2) is 77.0 Å². The molecule has 2 fully saturated rings. The summed E-state index contributed by atoms with van der Waals surface area (Å²) in [6.45, 7) is 6.23. The molecule has 2 aromatic rings. The van der Waals surface area contributed by atoms with Gasteiger partial charge in [0.2, 0.25) is 0 Å². The Balaban J connectivity index is 1.36. The largest absolute Gasteiger partial charge is 0.497 e. The van der Waals surface area contributed by atoms with E-state index in [0.717, 1.165) is 64.1 Å². The van der Waals surface area contributed by atoms with Crippen molar-refractivity contribution in [3.8, 4) is 5.75 Å². The van der Waals surface area contributed by atoms with Crippen LogP contribution in [0, 0.1) is 0 Å². The fourth-order valence-corrected chi connectivity index (χ4v) is 4.51. The van der Waals surface area contributed by atoms with Gasteiger partial charge in [-0.2, -0.15) is 0 Å². The summed E-state index contributed by atoms with van der Waals surface area (Å²) >= 11 is 0. The standard InChI is InChI=1S/C25H35N5O2/c1-26-25(28-21-12-13-30(19-21)22-6-4-3-5-7-22)27-18-24(29-14-16-32-17-15-29)20-8-10-23(31-2)11-9-20/h3-11,21,24H,12-19H2,1-2H3,(H2,26,27,28). The Morgan fingerprint density at radius 2 is 1.84 bits per heavy atom. The Bertz CT molecular complexity index is 852. The Labute approximate surface area is 191 Å². The van der Waals surface area contributed by atoms with Crippen molar-refractivity contribution in [3.63, 3.8) is 0 Å². The van der Waals surface area contributed by atoms with Gasteiger partial charge in [0, 0.05) is 51.5 Å². The van der Waals surface area contributed by atoms with Crippen LogP contribution in [0.2, 0.25) is 0 Å². The topological polar surface area (TPSA) is 61.4 Å². The molecule has 2 atom stereocenters. The molecule has 2 N–H and O–H groups in total. The van der Waals surface area contributed by atoms with Crippen LogP contribution in [0.25, 0.3) is 0 Å². The number of anilines is 1. The second-order valence-electron chi connectivity index (χ2n) is 8.30. The molecule has 0 aliphatic carbocycles. The maximum absolute atomic E-state index is 5.58. The summed E-state index contributed by atoms with van der Waals surface area (Å²) in [4.78, 5) is 9.41. The predicted octanol–water partition coefficient (Wildman–Crippen LogP) is 2.51. The average Bonchev–Trinajstić information content (AvgIpc) is 3.33. The Kier molecular flexibility index (Phi) is 7.85. The third-order valence-electron chi connectivity index (χ3n) is 6.32. The molecule has 7 nitrogen and oxygen atoms in total. The van der Waals surface area contributed by atoms with E-state index in [1.165, 1.54) is 11.3 Å². The maximum Gasteiger partial charge on any atom is 0.191 e. The number of ether oxygens (including phenoxy) is 2. The van der Waals surface area contributed by atoms with Crippen LogP contribution < -0.4 is 20.3 Å². The summed E-state index contributed by atoms with van der Waals surface area (Å²) in [5, 5.41) is 7.21. The number of para-hydroxylation sites is 1. The molecule has 0 radical (unpaired) electrons. The highest BCUT2D eigenvalue weighted by atomic mass is 16.5. The van der Waals surface area contributed by atoms with Gasteiger partial charge in [-0.1, -0.05) is 30.3 Å². The van der Waals surface area contributed by atoms with Crippen molar-refractivity contribution in [1.29, 1.82) is 0 Å².